The number of thiazole rings is 1. The number of likely N-dealkylation sites (N-methyl/N-ethyl adjacent to an activating group) is 1. The number of urea groups is 1. The van der Waals surface area contributed by atoms with Crippen LogP contribution in [-0.2, 0) is 22.4 Å². The molecule has 2 aliphatic rings. The minimum atomic E-state index is -0.999. The number of nitrogens with two attached hydrogens (primary N) is 2. The van der Waals surface area contributed by atoms with Gasteiger partial charge in [0, 0.05) is 56.3 Å². The Labute approximate surface area is 314 Å². The molecule has 4 rings (SSSR count). The van der Waals surface area contributed by atoms with Crippen LogP contribution >= 0.6 is 11.3 Å². The monoisotopic (exact) mass is 738 g/mol. The largest absolute Gasteiger partial charge is 0.375 e. The number of hydrogen-bond donors (Lipinski definition) is 5. The van der Waals surface area contributed by atoms with Gasteiger partial charge in [-0.05, 0) is 55.6 Å². The summed E-state index contributed by atoms with van der Waals surface area (Å²) in [6.45, 7) is 4.96. The standard InChI is InChI=1S/C38H62N10O3S/c1-26(2)20-31(39)35(46-41)32(21-27-12-6-4-7-13-27)44-36(50)33(22-30-25-52-37(40)43-30)45-38(51)48(23-28-14-8-5-9-15-28)24-34(49)47(3)19-17-29-16-10-11-18-42-29/h10-11,16,18,25-28,31-33,35,41H,4-9,12-15,17,19-24,39H2,1-3H3,(H2,40,43)(H,44,50)(H,45,51)/t31-,32-,33-,35-/m0/s1. The van der Waals surface area contributed by atoms with Gasteiger partial charge in [-0.2, -0.15) is 5.11 Å². The van der Waals surface area contributed by atoms with Crippen LogP contribution in [-0.4, -0.2) is 88.5 Å². The SMILES string of the molecule is CC(C)C[C@H](N)[C@H](N=N)[C@H](CC1CCCCC1)NC(=O)[C@H](Cc1csc(N)n1)NC(=O)N(CC(=O)N(C)CCc1ccccn1)CC1CCCCC1. The Morgan fingerprint density at radius 3 is 2.31 bits per heavy atom. The quantitative estimate of drug-likeness (QED) is 0.116. The first-order valence-electron chi connectivity index (χ1n) is 19.3. The summed E-state index contributed by atoms with van der Waals surface area (Å²) in [5.74, 6) is 0.412. The summed E-state index contributed by atoms with van der Waals surface area (Å²) in [6.07, 6.45) is 14.8. The Morgan fingerprint density at radius 2 is 1.71 bits per heavy atom. The summed E-state index contributed by atoms with van der Waals surface area (Å²) >= 11 is 1.28. The fraction of sp³-hybridized carbons (Fsp3) is 0.711. The second kappa shape index (κ2) is 21.2. The Balaban J connectivity index is 1.54. The normalized spacial score (nSPS) is 17.9. The molecule has 2 aromatic rings. The number of hydrogen-bond acceptors (Lipinski definition) is 10. The molecule has 0 unspecified atom stereocenters. The third-order valence-corrected chi connectivity index (χ3v) is 11.4. The fourth-order valence-corrected chi connectivity index (χ4v) is 8.31. The number of carbonyl (C=O) groups excluding carboxylic acids is 3. The van der Waals surface area contributed by atoms with Crippen molar-refractivity contribution in [3.63, 3.8) is 0 Å². The number of carbonyl (C=O) groups is 3. The molecule has 2 aromatic heterocycles. The van der Waals surface area contributed by atoms with E-state index in [9.17, 15) is 14.4 Å². The highest BCUT2D eigenvalue weighted by Crippen LogP contribution is 2.30. The molecule has 2 heterocycles. The molecule has 4 amide bonds. The van der Waals surface area contributed by atoms with Crippen LogP contribution in [0.2, 0.25) is 0 Å². The molecule has 0 saturated heterocycles. The number of pyridine rings is 1. The third-order valence-electron chi connectivity index (χ3n) is 10.7. The predicted molar refractivity (Wildman–Crippen MR) is 206 cm³/mol. The smallest absolute Gasteiger partial charge is 0.318 e. The van der Waals surface area contributed by atoms with Gasteiger partial charge in [0.05, 0.1) is 11.7 Å². The molecule has 288 valence electrons. The Morgan fingerprint density at radius 1 is 1.02 bits per heavy atom. The highest BCUT2D eigenvalue weighted by molar-refractivity contribution is 7.13. The van der Waals surface area contributed by atoms with Gasteiger partial charge < -0.3 is 31.9 Å². The molecule has 2 aliphatic carbocycles. The first-order chi connectivity index (χ1) is 25.0. The first-order valence-corrected chi connectivity index (χ1v) is 20.2. The maximum absolute atomic E-state index is 14.3. The number of amides is 4. The van der Waals surface area contributed by atoms with Crippen molar-refractivity contribution < 1.29 is 14.4 Å². The lowest BCUT2D eigenvalue weighted by molar-refractivity contribution is -0.130. The molecule has 52 heavy (non-hydrogen) atoms. The van der Waals surface area contributed by atoms with E-state index in [1.54, 1.807) is 28.4 Å². The van der Waals surface area contributed by atoms with Crippen molar-refractivity contribution >= 4 is 34.3 Å². The molecule has 0 bridgehead atoms. The molecule has 0 radical (unpaired) electrons. The van der Waals surface area contributed by atoms with Gasteiger partial charge >= 0.3 is 6.03 Å². The maximum Gasteiger partial charge on any atom is 0.318 e. The van der Waals surface area contributed by atoms with Crippen LogP contribution in [0.15, 0.2) is 34.9 Å². The third kappa shape index (κ3) is 13.4. The summed E-state index contributed by atoms with van der Waals surface area (Å²) < 4.78 is 0. The van der Waals surface area contributed by atoms with Crippen LogP contribution in [0.4, 0.5) is 9.93 Å². The fourth-order valence-electron chi connectivity index (χ4n) is 7.73. The topological polar surface area (TPSA) is 196 Å². The van der Waals surface area contributed by atoms with Gasteiger partial charge in [-0.25, -0.2) is 15.3 Å². The van der Waals surface area contributed by atoms with Crippen LogP contribution < -0.4 is 22.1 Å². The average molecular weight is 739 g/mol. The summed E-state index contributed by atoms with van der Waals surface area (Å²) in [4.78, 5) is 54.1. The Bertz CT molecular complexity index is 1400. The highest BCUT2D eigenvalue weighted by atomic mass is 32.1. The lowest BCUT2D eigenvalue weighted by atomic mass is 9.81. The number of nitrogens with one attached hydrogen (secondary N) is 3. The molecule has 13 nitrogen and oxygen atoms in total. The van der Waals surface area contributed by atoms with Crippen molar-refractivity contribution in [1.29, 1.82) is 5.53 Å². The van der Waals surface area contributed by atoms with E-state index in [1.165, 1.54) is 24.2 Å². The van der Waals surface area contributed by atoms with E-state index in [4.69, 9.17) is 17.0 Å². The van der Waals surface area contributed by atoms with Crippen LogP contribution in [0.3, 0.4) is 0 Å². The van der Waals surface area contributed by atoms with E-state index >= 15 is 0 Å². The maximum atomic E-state index is 14.3. The summed E-state index contributed by atoms with van der Waals surface area (Å²) in [6, 6.07) is 2.79. The second-order valence-electron chi connectivity index (χ2n) is 15.4. The molecule has 4 atom stereocenters. The lowest BCUT2D eigenvalue weighted by Crippen LogP contribution is -2.58. The molecule has 2 saturated carbocycles. The molecule has 0 spiro atoms. The molecule has 2 fully saturated rings. The zero-order chi connectivity index (χ0) is 37.5. The molecule has 7 N–H and O–H groups in total. The molecular formula is C38H62N10O3S. The number of rotatable bonds is 19. The van der Waals surface area contributed by atoms with Crippen molar-refractivity contribution in [3.05, 3.63) is 41.2 Å². The number of nitrogens with zero attached hydrogens (tertiary/aromatic N) is 5. The highest BCUT2D eigenvalue weighted by Gasteiger charge is 2.35. The Hall–Kier alpha value is -3.65. The van der Waals surface area contributed by atoms with Crippen LogP contribution in [0.1, 0.15) is 102 Å². The van der Waals surface area contributed by atoms with Gasteiger partial charge in [-0.1, -0.05) is 71.3 Å². The van der Waals surface area contributed by atoms with Crippen LogP contribution in [0.25, 0.3) is 0 Å². The first kappa shape index (κ1) is 41.1. The minimum Gasteiger partial charge on any atom is -0.375 e. The van der Waals surface area contributed by atoms with E-state index in [2.05, 4.69) is 39.6 Å². The van der Waals surface area contributed by atoms with Gasteiger partial charge in [-0.15, -0.1) is 11.3 Å². The van der Waals surface area contributed by atoms with Crippen molar-refractivity contribution in [3.8, 4) is 0 Å². The van der Waals surface area contributed by atoms with Gasteiger partial charge in [0.1, 0.15) is 18.6 Å². The predicted octanol–water partition coefficient (Wildman–Crippen LogP) is 5.55. The summed E-state index contributed by atoms with van der Waals surface area (Å²) in [5, 5.41) is 12.4. The van der Waals surface area contributed by atoms with Crippen molar-refractivity contribution in [2.45, 2.75) is 128 Å². The van der Waals surface area contributed by atoms with Gasteiger partial charge in [-0.3, -0.25) is 14.6 Å². The number of aromatic nitrogens is 2. The summed E-state index contributed by atoms with van der Waals surface area (Å²) in [5.41, 5.74) is 22.2. The van der Waals surface area contributed by atoms with Crippen molar-refractivity contribution in [2.24, 2.45) is 28.6 Å². The summed E-state index contributed by atoms with van der Waals surface area (Å²) in [7, 11) is 1.75. The molecule has 0 aliphatic heterocycles. The number of nitrogen functional groups attached to an aromatic ring is 1. The van der Waals surface area contributed by atoms with E-state index in [0.29, 0.717) is 55.0 Å². The zero-order valence-electron chi connectivity index (χ0n) is 31.5. The average Bonchev–Trinajstić information content (AvgIpc) is 3.55. The van der Waals surface area contributed by atoms with Crippen LogP contribution in [0.5, 0.6) is 0 Å². The zero-order valence-corrected chi connectivity index (χ0v) is 32.3. The van der Waals surface area contributed by atoms with E-state index in [0.717, 1.165) is 57.1 Å². The molecule has 0 aromatic carbocycles. The van der Waals surface area contributed by atoms with E-state index in [-0.39, 0.29) is 30.7 Å². The number of anilines is 1. The van der Waals surface area contributed by atoms with E-state index < -0.39 is 30.2 Å². The van der Waals surface area contributed by atoms with Gasteiger partial charge in [0.2, 0.25) is 11.8 Å². The Kier molecular flexibility index (Phi) is 16.7. The van der Waals surface area contributed by atoms with E-state index in [1.807, 2.05) is 18.2 Å². The molecular weight excluding hydrogens is 677 g/mol. The second-order valence-corrected chi connectivity index (χ2v) is 16.3. The van der Waals surface area contributed by atoms with Gasteiger partial charge in [0.15, 0.2) is 5.13 Å². The van der Waals surface area contributed by atoms with Crippen LogP contribution in [0, 0.1) is 23.3 Å². The molecule has 14 heteroatoms. The van der Waals surface area contributed by atoms with Crippen molar-refractivity contribution in [2.75, 3.05) is 32.4 Å². The minimum absolute atomic E-state index is 0.104. The van der Waals surface area contributed by atoms with Gasteiger partial charge in [0.25, 0.3) is 0 Å². The van der Waals surface area contributed by atoms with Crippen molar-refractivity contribution in [1.82, 2.24) is 30.4 Å². The lowest BCUT2D eigenvalue weighted by Gasteiger charge is -2.35.